The fourth-order valence-electron chi connectivity index (χ4n) is 7.19. The lowest BCUT2D eigenvalue weighted by Gasteiger charge is -2.41. The summed E-state index contributed by atoms with van der Waals surface area (Å²) in [5.41, 5.74) is -1.15. The average molecular weight is 571 g/mol. The van der Waals surface area contributed by atoms with E-state index >= 15 is 0 Å². The van der Waals surface area contributed by atoms with Crippen LogP contribution in [0.4, 0.5) is 5.69 Å². The minimum Gasteiger partial charge on any atom is -0.465 e. The number of anilines is 1. The quantitative estimate of drug-likeness (QED) is 0.406. The fraction of sp³-hybridized carbons (Fsp3) is 0.581. The molecule has 4 aliphatic heterocycles. The largest absolute Gasteiger partial charge is 0.465 e. The number of likely N-dealkylation sites (tertiary alicyclic amines) is 1. The molecule has 0 radical (unpaired) electrons. The number of hydrogen-bond donors (Lipinski definition) is 1. The van der Waals surface area contributed by atoms with Gasteiger partial charge in [-0.05, 0) is 50.2 Å². The van der Waals surface area contributed by atoms with Crippen LogP contribution in [-0.2, 0) is 23.9 Å². The molecule has 1 aromatic carbocycles. The first-order valence-corrected chi connectivity index (χ1v) is 14.7. The molecule has 216 valence electrons. The summed E-state index contributed by atoms with van der Waals surface area (Å²) in [7, 11) is 0. The second-order valence-corrected chi connectivity index (χ2v) is 12.2. The Morgan fingerprint density at radius 1 is 1.12 bits per heavy atom. The van der Waals surface area contributed by atoms with Crippen LogP contribution in [0.3, 0.4) is 0 Å². The number of aliphatic hydroxyl groups excluding tert-OH is 1. The van der Waals surface area contributed by atoms with Crippen LogP contribution in [0.15, 0.2) is 42.5 Å². The van der Waals surface area contributed by atoms with Crippen molar-refractivity contribution in [3.63, 3.8) is 0 Å². The summed E-state index contributed by atoms with van der Waals surface area (Å²) in [5.74, 6) is -2.98. The van der Waals surface area contributed by atoms with E-state index in [1.807, 2.05) is 64.1 Å². The van der Waals surface area contributed by atoms with Crippen molar-refractivity contribution < 1.29 is 29.0 Å². The second kappa shape index (κ2) is 11.0. The van der Waals surface area contributed by atoms with Crippen molar-refractivity contribution in [1.29, 1.82) is 0 Å². The van der Waals surface area contributed by atoms with Crippen LogP contribution >= 0.6 is 11.6 Å². The maximum absolute atomic E-state index is 14.7. The van der Waals surface area contributed by atoms with E-state index in [2.05, 4.69) is 0 Å². The van der Waals surface area contributed by atoms with Crippen molar-refractivity contribution in [3.8, 4) is 0 Å². The second-order valence-electron chi connectivity index (χ2n) is 11.8. The van der Waals surface area contributed by atoms with Crippen LogP contribution in [-0.4, -0.2) is 70.8 Å². The van der Waals surface area contributed by atoms with Crippen molar-refractivity contribution >= 4 is 35.1 Å². The molecule has 8 nitrogen and oxygen atoms in total. The molecular formula is C31H39ClN2O6. The maximum Gasteiger partial charge on any atom is 0.313 e. The summed E-state index contributed by atoms with van der Waals surface area (Å²) in [6.07, 6.45) is 9.84. The molecule has 5 rings (SSSR count). The molecule has 1 N–H and O–H groups in total. The summed E-state index contributed by atoms with van der Waals surface area (Å²) in [5, 5.41) is 11.0. The number of para-hydroxylation sites is 1. The standard InChI is InChI=1S/C31H39ClN2O6/c1-5-30-13-7-6-8-16-39-29(38)24(30)23-27(36)34(21(18-35)17-19(2)3)26-28(37)33(15-10-14-31(23,26)40-30)25-20(4)11-9-12-22(25)32/h7,9-14,19,21,23-24,26,35H,5-6,8,15-18H2,1-4H3/b13-7-/t21-,23+,24+,26?,30-,31+/m1/s1. The minimum absolute atomic E-state index is 0.146. The first kappa shape index (κ1) is 28.8. The number of nitrogens with zero attached hydrogens (tertiary/aromatic N) is 2. The van der Waals surface area contributed by atoms with Gasteiger partial charge >= 0.3 is 5.97 Å². The molecule has 0 bridgehead atoms. The average Bonchev–Trinajstić information content (AvgIpc) is 3.30. The van der Waals surface area contributed by atoms with Crippen LogP contribution in [0.2, 0.25) is 5.02 Å². The van der Waals surface area contributed by atoms with E-state index in [4.69, 9.17) is 21.1 Å². The summed E-state index contributed by atoms with van der Waals surface area (Å²) >= 11 is 6.63. The number of rotatable bonds is 6. The zero-order valence-electron chi connectivity index (χ0n) is 23.6. The highest BCUT2D eigenvalue weighted by atomic mass is 35.5. The molecule has 1 aromatic rings. The molecule has 0 aromatic heterocycles. The predicted molar refractivity (Wildman–Crippen MR) is 152 cm³/mol. The van der Waals surface area contributed by atoms with Gasteiger partial charge in [0.25, 0.3) is 5.91 Å². The monoisotopic (exact) mass is 570 g/mol. The molecule has 2 fully saturated rings. The maximum atomic E-state index is 14.7. The number of carbonyl (C=O) groups excluding carboxylic acids is 3. The van der Waals surface area contributed by atoms with Crippen molar-refractivity contribution in [2.24, 2.45) is 17.8 Å². The molecule has 1 unspecified atom stereocenters. The number of esters is 1. The Balaban J connectivity index is 1.72. The van der Waals surface area contributed by atoms with Gasteiger partial charge < -0.3 is 24.4 Å². The number of carbonyl (C=O) groups is 3. The normalized spacial score (nSPS) is 33.5. The number of aliphatic hydroxyl groups is 1. The van der Waals surface area contributed by atoms with E-state index in [0.29, 0.717) is 36.4 Å². The van der Waals surface area contributed by atoms with Gasteiger partial charge in [-0.3, -0.25) is 14.4 Å². The van der Waals surface area contributed by atoms with Crippen molar-refractivity contribution in [2.75, 3.05) is 24.7 Å². The fourth-order valence-corrected chi connectivity index (χ4v) is 7.52. The number of allylic oxidation sites excluding steroid dienone is 1. The summed E-state index contributed by atoms with van der Waals surface area (Å²) in [6.45, 7) is 7.98. The number of ether oxygens (including phenoxy) is 2. The zero-order valence-corrected chi connectivity index (χ0v) is 24.4. The summed E-state index contributed by atoms with van der Waals surface area (Å²) < 4.78 is 12.7. The zero-order chi connectivity index (χ0) is 28.8. The highest BCUT2D eigenvalue weighted by Crippen LogP contribution is 2.59. The summed E-state index contributed by atoms with van der Waals surface area (Å²) in [6, 6.07) is 3.72. The molecule has 6 atom stereocenters. The molecule has 40 heavy (non-hydrogen) atoms. The van der Waals surface area contributed by atoms with Crippen LogP contribution in [0.5, 0.6) is 0 Å². The Morgan fingerprint density at radius 3 is 2.58 bits per heavy atom. The Morgan fingerprint density at radius 2 is 1.90 bits per heavy atom. The summed E-state index contributed by atoms with van der Waals surface area (Å²) in [4.78, 5) is 46.1. The number of amides is 2. The van der Waals surface area contributed by atoms with E-state index in [0.717, 1.165) is 5.56 Å². The van der Waals surface area contributed by atoms with E-state index in [9.17, 15) is 19.5 Å². The smallest absolute Gasteiger partial charge is 0.313 e. The molecule has 2 saturated heterocycles. The number of cyclic esters (lactones) is 1. The van der Waals surface area contributed by atoms with Crippen molar-refractivity contribution in [2.45, 2.75) is 76.7 Å². The van der Waals surface area contributed by atoms with Gasteiger partial charge in [-0.25, -0.2) is 0 Å². The molecule has 0 saturated carbocycles. The third kappa shape index (κ3) is 4.39. The number of halogens is 1. The first-order valence-electron chi connectivity index (χ1n) is 14.3. The van der Waals surface area contributed by atoms with Gasteiger partial charge in [0, 0.05) is 6.54 Å². The molecular weight excluding hydrogens is 532 g/mol. The van der Waals surface area contributed by atoms with Crippen molar-refractivity contribution in [1.82, 2.24) is 4.90 Å². The molecule has 4 heterocycles. The third-order valence-electron chi connectivity index (χ3n) is 8.88. The number of fused-ring (bicyclic) bond motifs is 2. The highest BCUT2D eigenvalue weighted by molar-refractivity contribution is 6.34. The van der Waals surface area contributed by atoms with E-state index in [1.165, 1.54) is 4.90 Å². The van der Waals surface area contributed by atoms with Gasteiger partial charge in [-0.2, -0.15) is 0 Å². The lowest BCUT2D eigenvalue weighted by atomic mass is 9.73. The minimum atomic E-state index is -1.42. The Kier molecular flexibility index (Phi) is 7.89. The van der Waals surface area contributed by atoms with Crippen LogP contribution in [0.25, 0.3) is 0 Å². The molecule has 9 heteroatoms. The lowest BCUT2D eigenvalue weighted by molar-refractivity contribution is -0.161. The van der Waals surface area contributed by atoms with Crippen LogP contribution in [0, 0.1) is 24.7 Å². The highest BCUT2D eigenvalue weighted by Gasteiger charge is 2.76. The Labute approximate surface area is 240 Å². The van der Waals surface area contributed by atoms with Gasteiger partial charge in [0.1, 0.15) is 23.2 Å². The van der Waals surface area contributed by atoms with Gasteiger partial charge in [-0.15, -0.1) is 0 Å². The van der Waals surface area contributed by atoms with Crippen molar-refractivity contribution in [3.05, 3.63) is 53.1 Å². The number of aryl methyl sites for hydroxylation is 1. The van der Waals surface area contributed by atoms with E-state index < -0.39 is 41.1 Å². The SMILES string of the molecule is CC[C@@]12/C=C\CCCOC(=O)[C@@H]1[C@H]1C(=O)N([C@@H](CO)CC(C)C)C3C(=O)N(c4c(C)cccc4Cl)CC=C[C@@]31O2. The van der Waals surface area contributed by atoms with E-state index in [1.54, 1.807) is 11.0 Å². The lowest BCUT2D eigenvalue weighted by Crippen LogP contribution is -2.59. The molecule has 4 aliphatic rings. The van der Waals surface area contributed by atoms with E-state index in [-0.39, 0.29) is 37.5 Å². The van der Waals surface area contributed by atoms with Crippen LogP contribution < -0.4 is 4.90 Å². The van der Waals surface area contributed by atoms with Gasteiger partial charge in [0.15, 0.2) is 0 Å². The number of hydrogen-bond acceptors (Lipinski definition) is 6. The molecule has 1 spiro atoms. The predicted octanol–water partition coefficient (Wildman–Crippen LogP) is 4.21. The Bertz CT molecular complexity index is 1230. The van der Waals surface area contributed by atoms with Gasteiger partial charge in [-0.1, -0.05) is 68.8 Å². The molecule has 0 aliphatic carbocycles. The van der Waals surface area contributed by atoms with Gasteiger partial charge in [0.2, 0.25) is 5.91 Å². The van der Waals surface area contributed by atoms with Gasteiger partial charge in [0.05, 0.1) is 35.9 Å². The Hall–Kier alpha value is -2.68. The third-order valence-corrected chi connectivity index (χ3v) is 9.18. The first-order chi connectivity index (χ1) is 19.1. The topological polar surface area (TPSA) is 96.4 Å². The van der Waals surface area contributed by atoms with Crippen LogP contribution in [0.1, 0.15) is 52.0 Å². The number of benzene rings is 1. The molecule has 2 amide bonds.